The second-order valence-electron chi connectivity index (χ2n) is 4.15. The number of halogens is 2. The standard InChI is InChI=1S/C14H12Cl2N2O/c1-8-6-10(17)3-5-13(8)18-14(19)11-7-9(15)2-4-12(11)16/h2-7H,17H2,1H3,(H,18,19). The van der Waals surface area contributed by atoms with Crippen molar-refractivity contribution in [2.75, 3.05) is 11.1 Å². The van der Waals surface area contributed by atoms with Gasteiger partial charge in [0.15, 0.2) is 0 Å². The first kappa shape index (κ1) is 13.7. The number of aryl methyl sites for hydroxylation is 1. The molecule has 0 heterocycles. The van der Waals surface area contributed by atoms with Crippen LogP contribution in [-0.2, 0) is 0 Å². The molecule has 0 spiro atoms. The van der Waals surface area contributed by atoms with Crippen LogP contribution in [0.4, 0.5) is 11.4 Å². The summed E-state index contributed by atoms with van der Waals surface area (Å²) in [6.45, 7) is 1.87. The minimum Gasteiger partial charge on any atom is -0.399 e. The number of amides is 1. The average Bonchev–Trinajstić information content (AvgIpc) is 2.35. The summed E-state index contributed by atoms with van der Waals surface area (Å²) in [5.74, 6) is -0.305. The summed E-state index contributed by atoms with van der Waals surface area (Å²) in [4.78, 5) is 12.1. The van der Waals surface area contributed by atoms with Crippen molar-refractivity contribution in [3.05, 3.63) is 57.6 Å². The van der Waals surface area contributed by atoms with Gasteiger partial charge in [0, 0.05) is 16.4 Å². The van der Waals surface area contributed by atoms with Gasteiger partial charge in [0.1, 0.15) is 0 Å². The smallest absolute Gasteiger partial charge is 0.257 e. The number of nitrogens with two attached hydrogens (primary N) is 1. The molecule has 2 aromatic carbocycles. The fourth-order valence-corrected chi connectivity index (χ4v) is 2.06. The van der Waals surface area contributed by atoms with Gasteiger partial charge >= 0.3 is 0 Å². The largest absolute Gasteiger partial charge is 0.399 e. The van der Waals surface area contributed by atoms with E-state index in [1.807, 2.05) is 6.92 Å². The summed E-state index contributed by atoms with van der Waals surface area (Å²) < 4.78 is 0. The zero-order valence-corrected chi connectivity index (χ0v) is 11.7. The lowest BCUT2D eigenvalue weighted by atomic mass is 10.1. The fourth-order valence-electron chi connectivity index (χ4n) is 1.69. The number of benzene rings is 2. The summed E-state index contributed by atoms with van der Waals surface area (Å²) in [7, 11) is 0. The highest BCUT2D eigenvalue weighted by molar-refractivity contribution is 6.36. The molecule has 3 nitrogen and oxygen atoms in total. The molecule has 3 N–H and O–H groups in total. The highest BCUT2D eigenvalue weighted by Crippen LogP contribution is 2.23. The van der Waals surface area contributed by atoms with E-state index in [4.69, 9.17) is 28.9 Å². The highest BCUT2D eigenvalue weighted by atomic mass is 35.5. The molecule has 5 heteroatoms. The molecular weight excluding hydrogens is 283 g/mol. The summed E-state index contributed by atoms with van der Waals surface area (Å²) in [5, 5.41) is 3.60. The molecular formula is C14H12Cl2N2O. The van der Waals surface area contributed by atoms with Gasteiger partial charge in [0.25, 0.3) is 5.91 Å². The van der Waals surface area contributed by atoms with Gasteiger partial charge in [0.05, 0.1) is 10.6 Å². The van der Waals surface area contributed by atoms with Gasteiger partial charge in [-0.05, 0) is 48.9 Å². The van der Waals surface area contributed by atoms with Crippen molar-refractivity contribution in [2.24, 2.45) is 0 Å². The Morgan fingerprint density at radius 3 is 2.58 bits per heavy atom. The summed E-state index contributed by atoms with van der Waals surface area (Å²) in [5.41, 5.74) is 8.22. The molecule has 0 aliphatic carbocycles. The predicted octanol–water partition coefficient (Wildman–Crippen LogP) is 4.14. The molecule has 2 aromatic rings. The van der Waals surface area contributed by atoms with Crippen LogP contribution >= 0.6 is 23.2 Å². The number of carbonyl (C=O) groups is 1. The van der Waals surface area contributed by atoms with E-state index in [-0.39, 0.29) is 5.91 Å². The molecule has 0 saturated heterocycles. The minimum absolute atomic E-state index is 0.305. The zero-order valence-electron chi connectivity index (χ0n) is 10.2. The van der Waals surface area contributed by atoms with Crippen molar-refractivity contribution in [1.82, 2.24) is 0 Å². The molecule has 0 aliphatic rings. The summed E-state index contributed by atoms with van der Waals surface area (Å²) >= 11 is 11.8. The topological polar surface area (TPSA) is 55.1 Å². The van der Waals surface area contributed by atoms with E-state index in [0.29, 0.717) is 27.0 Å². The Balaban J connectivity index is 2.28. The van der Waals surface area contributed by atoms with Crippen molar-refractivity contribution in [1.29, 1.82) is 0 Å². The monoisotopic (exact) mass is 294 g/mol. The van der Waals surface area contributed by atoms with Gasteiger partial charge in [-0.15, -0.1) is 0 Å². The second-order valence-corrected chi connectivity index (χ2v) is 5.00. The Morgan fingerprint density at radius 2 is 1.89 bits per heavy atom. The van der Waals surface area contributed by atoms with Gasteiger partial charge in [0.2, 0.25) is 0 Å². The van der Waals surface area contributed by atoms with Crippen LogP contribution in [0.5, 0.6) is 0 Å². The lowest BCUT2D eigenvalue weighted by Gasteiger charge is -2.10. The van der Waals surface area contributed by atoms with Gasteiger partial charge in [-0.2, -0.15) is 0 Å². The van der Waals surface area contributed by atoms with Crippen molar-refractivity contribution in [3.8, 4) is 0 Å². The second kappa shape index (κ2) is 5.51. The van der Waals surface area contributed by atoms with E-state index >= 15 is 0 Å². The van der Waals surface area contributed by atoms with Gasteiger partial charge < -0.3 is 11.1 Å². The first-order chi connectivity index (χ1) is 8.97. The molecule has 0 radical (unpaired) electrons. The fraction of sp³-hybridized carbons (Fsp3) is 0.0714. The Bertz CT molecular complexity index is 641. The van der Waals surface area contributed by atoms with Crippen LogP contribution in [-0.4, -0.2) is 5.91 Å². The van der Waals surface area contributed by atoms with Crippen LogP contribution < -0.4 is 11.1 Å². The maximum Gasteiger partial charge on any atom is 0.257 e. The van der Waals surface area contributed by atoms with E-state index in [2.05, 4.69) is 5.32 Å². The van der Waals surface area contributed by atoms with Crippen molar-refractivity contribution in [2.45, 2.75) is 6.92 Å². The molecule has 0 aromatic heterocycles. The number of hydrogen-bond acceptors (Lipinski definition) is 2. The van der Waals surface area contributed by atoms with Crippen molar-refractivity contribution in [3.63, 3.8) is 0 Å². The number of rotatable bonds is 2. The SMILES string of the molecule is Cc1cc(N)ccc1NC(=O)c1cc(Cl)ccc1Cl. The first-order valence-corrected chi connectivity index (χ1v) is 6.35. The number of hydrogen-bond donors (Lipinski definition) is 2. The van der Waals surface area contributed by atoms with E-state index in [1.54, 1.807) is 30.3 Å². The molecule has 0 fully saturated rings. The van der Waals surface area contributed by atoms with Gasteiger partial charge in [-0.1, -0.05) is 23.2 Å². The quantitative estimate of drug-likeness (QED) is 0.818. The van der Waals surface area contributed by atoms with E-state index in [9.17, 15) is 4.79 Å². The Kier molecular flexibility index (Phi) is 3.98. The minimum atomic E-state index is -0.305. The maximum atomic E-state index is 12.1. The average molecular weight is 295 g/mol. The molecule has 0 atom stereocenters. The Labute approximate surface area is 121 Å². The van der Waals surface area contributed by atoms with Crippen LogP contribution in [0.3, 0.4) is 0 Å². The van der Waals surface area contributed by atoms with E-state index < -0.39 is 0 Å². The first-order valence-electron chi connectivity index (χ1n) is 5.60. The number of nitrogens with one attached hydrogen (secondary N) is 1. The Hall–Kier alpha value is -1.71. The molecule has 2 rings (SSSR count). The molecule has 0 saturated carbocycles. The van der Waals surface area contributed by atoms with Crippen LogP contribution in [0.25, 0.3) is 0 Å². The van der Waals surface area contributed by atoms with Gasteiger partial charge in [-0.25, -0.2) is 0 Å². The highest BCUT2D eigenvalue weighted by Gasteiger charge is 2.12. The zero-order chi connectivity index (χ0) is 14.0. The number of nitrogen functional groups attached to an aromatic ring is 1. The number of anilines is 2. The molecule has 0 bridgehead atoms. The van der Waals surface area contributed by atoms with E-state index in [1.165, 1.54) is 6.07 Å². The van der Waals surface area contributed by atoms with Crippen LogP contribution in [0.1, 0.15) is 15.9 Å². The van der Waals surface area contributed by atoms with Crippen LogP contribution in [0, 0.1) is 6.92 Å². The maximum absolute atomic E-state index is 12.1. The third-order valence-corrected chi connectivity index (χ3v) is 3.24. The molecule has 1 amide bonds. The van der Waals surface area contributed by atoms with Gasteiger partial charge in [-0.3, -0.25) is 4.79 Å². The van der Waals surface area contributed by atoms with Crippen molar-refractivity contribution >= 4 is 40.5 Å². The summed E-state index contributed by atoms with van der Waals surface area (Å²) in [6.07, 6.45) is 0. The molecule has 19 heavy (non-hydrogen) atoms. The normalized spacial score (nSPS) is 10.3. The third-order valence-electron chi connectivity index (χ3n) is 2.67. The van der Waals surface area contributed by atoms with Crippen LogP contribution in [0.2, 0.25) is 10.0 Å². The predicted molar refractivity (Wildman–Crippen MR) is 80.0 cm³/mol. The molecule has 0 unspecified atom stereocenters. The Morgan fingerprint density at radius 1 is 1.16 bits per heavy atom. The van der Waals surface area contributed by atoms with Crippen molar-refractivity contribution < 1.29 is 4.79 Å². The lowest BCUT2D eigenvalue weighted by Crippen LogP contribution is -2.13. The third kappa shape index (κ3) is 3.19. The molecule has 98 valence electrons. The number of carbonyl (C=O) groups excluding carboxylic acids is 1. The summed E-state index contributed by atoms with van der Waals surface area (Å²) in [6, 6.07) is 10.0. The van der Waals surface area contributed by atoms with Crippen LogP contribution in [0.15, 0.2) is 36.4 Å². The lowest BCUT2D eigenvalue weighted by molar-refractivity contribution is 0.102. The van der Waals surface area contributed by atoms with E-state index in [0.717, 1.165) is 5.56 Å². The molecule has 0 aliphatic heterocycles.